The van der Waals surface area contributed by atoms with Gasteiger partial charge in [-0.3, -0.25) is 0 Å². The van der Waals surface area contributed by atoms with E-state index in [2.05, 4.69) is 127 Å². The molecule has 0 aromatic heterocycles. The number of fused-ring (bicyclic) bond motifs is 2. The van der Waals surface area contributed by atoms with Crippen molar-refractivity contribution in [3.05, 3.63) is 84.5 Å². The minimum absolute atomic E-state index is 0.0513. The summed E-state index contributed by atoms with van der Waals surface area (Å²) in [6.07, 6.45) is 7.49. The van der Waals surface area contributed by atoms with Crippen LogP contribution in [0.3, 0.4) is 0 Å². The Morgan fingerprint density at radius 1 is 1.00 bits per heavy atom. The number of rotatable bonds is 6. The lowest BCUT2D eigenvalue weighted by atomic mass is 9.63. The van der Waals surface area contributed by atoms with Gasteiger partial charge in [-0.05, 0) is 45.7 Å². The predicted octanol–water partition coefficient (Wildman–Crippen LogP) is 5.86. The molecule has 2 aromatic rings. The van der Waals surface area contributed by atoms with Gasteiger partial charge in [-0.15, -0.1) is 0 Å². The van der Waals surface area contributed by atoms with Crippen LogP contribution in [0.1, 0.15) is 54.9 Å². The van der Waals surface area contributed by atoms with E-state index in [4.69, 9.17) is 4.43 Å². The quantitative estimate of drug-likeness (QED) is 0.432. The molecule has 3 heteroatoms. The van der Waals surface area contributed by atoms with Crippen molar-refractivity contribution < 1.29 is 9.53 Å². The van der Waals surface area contributed by atoms with E-state index >= 15 is 0 Å². The zero-order valence-electron chi connectivity index (χ0n) is 21.4. The van der Waals surface area contributed by atoms with Gasteiger partial charge in [0.15, 0.2) is 0 Å². The molecule has 2 aliphatic rings. The second-order valence-electron chi connectivity index (χ2n) is 11.8. The van der Waals surface area contributed by atoms with Gasteiger partial charge in [0, 0.05) is 5.41 Å². The van der Waals surface area contributed by atoms with Crippen molar-refractivity contribution in [3.8, 4) is 0 Å². The first-order valence-corrected chi connectivity index (χ1v) is 14.1. The van der Waals surface area contributed by atoms with Crippen LogP contribution in [0, 0.1) is 16.7 Å². The Morgan fingerprint density at radius 2 is 1.52 bits per heavy atom. The van der Waals surface area contributed by atoms with Crippen LogP contribution in [-0.2, 0) is 4.43 Å². The molecule has 4 rings (SSSR count). The monoisotopic (exact) mass is 460 g/mol. The Labute approximate surface area is 201 Å². The van der Waals surface area contributed by atoms with Crippen molar-refractivity contribution in [1.29, 1.82) is 0 Å². The fraction of sp³-hybridized carbons (Fsp3) is 0.467. The largest absolute Gasteiger partial charge is 0.404 e. The third-order valence-electron chi connectivity index (χ3n) is 9.06. The summed E-state index contributed by atoms with van der Waals surface area (Å²) in [4.78, 5) is 0. The molecule has 3 atom stereocenters. The summed E-state index contributed by atoms with van der Waals surface area (Å²) in [6.45, 7) is 16.3. The number of allylic oxidation sites excluding steroid dienone is 1. The van der Waals surface area contributed by atoms with Crippen LogP contribution in [0.15, 0.2) is 84.5 Å². The van der Waals surface area contributed by atoms with Crippen molar-refractivity contribution >= 4 is 18.7 Å². The summed E-state index contributed by atoms with van der Waals surface area (Å²) >= 11 is 0. The van der Waals surface area contributed by atoms with Gasteiger partial charge in [-0.2, -0.15) is 0 Å². The van der Waals surface area contributed by atoms with Gasteiger partial charge in [0.25, 0.3) is 8.32 Å². The summed E-state index contributed by atoms with van der Waals surface area (Å²) in [5, 5.41) is 14.4. The minimum atomic E-state index is -2.58. The van der Waals surface area contributed by atoms with Crippen LogP contribution in [-0.4, -0.2) is 25.6 Å². The molecule has 0 spiro atoms. The van der Waals surface area contributed by atoms with E-state index in [0.29, 0.717) is 12.5 Å². The average molecular weight is 461 g/mol. The van der Waals surface area contributed by atoms with E-state index in [1.807, 2.05) is 0 Å². The first kappa shape index (κ1) is 24.2. The molecule has 1 N–H and O–H groups in total. The molecule has 0 radical (unpaired) electrons. The molecular formula is C30H40O2Si. The molecule has 33 heavy (non-hydrogen) atoms. The van der Waals surface area contributed by atoms with Gasteiger partial charge in [0.2, 0.25) is 0 Å². The molecule has 2 aromatic carbocycles. The highest BCUT2D eigenvalue weighted by atomic mass is 28.4. The normalized spacial score (nSPS) is 29.0. The molecular weight excluding hydrogens is 420 g/mol. The zero-order chi connectivity index (χ0) is 24.1. The SMILES string of the molecule is C/C(=C\CO[Si](c1ccccc1)(c1ccccc1)C(C)(C)C)[C@]1(O)C[C@@H]2C=C[C@@]1(C)C2(C)C. The van der Waals surface area contributed by atoms with Crippen molar-refractivity contribution in [1.82, 2.24) is 0 Å². The fourth-order valence-electron chi connectivity index (χ4n) is 6.47. The van der Waals surface area contributed by atoms with Gasteiger partial charge < -0.3 is 9.53 Å². The third kappa shape index (κ3) is 3.43. The zero-order valence-corrected chi connectivity index (χ0v) is 22.4. The number of aliphatic hydroxyl groups is 1. The van der Waals surface area contributed by atoms with Gasteiger partial charge in [-0.25, -0.2) is 0 Å². The van der Waals surface area contributed by atoms with Crippen molar-refractivity contribution in [2.45, 2.75) is 65.5 Å². The van der Waals surface area contributed by atoms with Crippen LogP contribution >= 0.6 is 0 Å². The summed E-state index contributed by atoms with van der Waals surface area (Å²) in [5.41, 5.74) is -0.00819. The molecule has 2 nitrogen and oxygen atoms in total. The van der Waals surface area contributed by atoms with Crippen LogP contribution < -0.4 is 10.4 Å². The van der Waals surface area contributed by atoms with Gasteiger partial charge >= 0.3 is 0 Å². The highest BCUT2D eigenvalue weighted by molar-refractivity contribution is 6.99. The van der Waals surface area contributed by atoms with Crippen LogP contribution in [0.4, 0.5) is 0 Å². The number of hydrogen-bond acceptors (Lipinski definition) is 2. The van der Waals surface area contributed by atoms with Crippen LogP contribution in [0.2, 0.25) is 5.04 Å². The molecule has 2 bridgehead atoms. The molecule has 0 unspecified atom stereocenters. The van der Waals surface area contributed by atoms with Gasteiger partial charge in [-0.1, -0.05) is 120 Å². The topological polar surface area (TPSA) is 29.5 Å². The highest BCUT2D eigenvalue weighted by Gasteiger charge is 2.66. The first-order chi connectivity index (χ1) is 15.4. The molecule has 176 valence electrons. The molecule has 2 aliphatic carbocycles. The number of benzene rings is 2. The lowest BCUT2D eigenvalue weighted by Crippen LogP contribution is -2.66. The summed E-state index contributed by atoms with van der Waals surface area (Å²) in [7, 11) is -2.58. The third-order valence-corrected chi connectivity index (χ3v) is 14.1. The molecule has 1 saturated carbocycles. The lowest BCUT2D eigenvalue weighted by molar-refractivity contribution is -0.0275. The van der Waals surface area contributed by atoms with E-state index in [1.165, 1.54) is 10.4 Å². The first-order valence-electron chi connectivity index (χ1n) is 12.2. The second-order valence-corrected chi connectivity index (χ2v) is 16.1. The highest BCUT2D eigenvalue weighted by Crippen LogP contribution is 2.67. The van der Waals surface area contributed by atoms with Crippen molar-refractivity contribution in [3.63, 3.8) is 0 Å². The van der Waals surface area contributed by atoms with E-state index in [9.17, 15) is 5.11 Å². The Balaban J connectivity index is 1.71. The van der Waals surface area contributed by atoms with Crippen molar-refractivity contribution in [2.24, 2.45) is 16.7 Å². The Bertz CT molecular complexity index is 1010. The van der Waals surface area contributed by atoms with Crippen LogP contribution in [0.25, 0.3) is 0 Å². The molecule has 0 heterocycles. The number of hydrogen-bond donors (Lipinski definition) is 1. The summed E-state index contributed by atoms with van der Waals surface area (Å²) in [5.74, 6) is 0.411. The van der Waals surface area contributed by atoms with E-state index < -0.39 is 13.9 Å². The maximum atomic E-state index is 11.9. The molecule has 0 amide bonds. The maximum absolute atomic E-state index is 11.9. The summed E-state index contributed by atoms with van der Waals surface area (Å²) < 4.78 is 7.04. The van der Waals surface area contributed by atoms with E-state index in [1.54, 1.807) is 0 Å². The predicted molar refractivity (Wildman–Crippen MR) is 141 cm³/mol. The standard InChI is InChI=1S/C30H40O2Si/c1-23(30(31)22-24-18-20-29(30,7)28(24,5)6)19-21-32-33(27(2,3)4,25-14-10-8-11-15-25)26-16-12-9-13-17-26/h8-20,24,31H,21-22H2,1-7H3/b23-19+/t24-,29-,30+/m0/s1. The average Bonchev–Trinajstić information content (AvgIpc) is 3.09. The Hall–Kier alpha value is -1.94. The smallest absolute Gasteiger partial charge is 0.261 e. The maximum Gasteiger partial charge on any atom is 0.261 e. The minimum Gasteiger partial charge on any atom is -0.404 e. The van der Waals surface area contributed by atoms with Crippen molar-refractivity contribution in [2.75, 3.05) is 6.61 Å². The van der Waals surface area contributed by atoms with Crippen LogP contribution in [0.5, 0.6) is 0 Å². The molecule has 0 aliphatic heterocycles. The van der Waals surface area contributed by atoms with Gasteiger partial charge in [0.1, 0.15) is 0 Å². The molecule has 0 saturated heterocycles. The molecule has 1 fully saturated rings. The van der Waals surface area contributed by atoms with E-state index in [-0.39, 0.29) is 15.9 Å². The lowest BCUT2D eigenvalue weighted by Gasteiger charge is -2.45. The van der Waals surface area contributed by atoms with Gasteiger partial charge in [0.05, 0.1) is 12.2 Å². The Morgan fingerprint density at radius 3 is 1.91 bits per heavy atom. The fourth-order valence-corrected chi connectivity index (χ4v) is 11.0. The van der Waals surface area contributed by atoms with E-state index in [0.717, 1.165) is 12.0 Å². The summed E-state index contributed by atoms with van der Waals surface area (Å²) in [6, 6.07) is 21.5. The second kappa shape index (κ2) is 8.08. The Kier molecular flexibility index (Phi) is 5.92.